The topological polar surface area (TPSA) is 15.3 Å². The summed E-state index contributed by atoms with van der Waals surface area (Å²) in [6, 6.07) is 1.49. The Morgan fingerprint density at radius 1 is 1.29 bits per heavy atom. The van der Waals surface area contributed by atoms with E-state index in [4.69, 9.17) is 0 Å². The Bertz CT molecular complexity index is 193. The van der Waals surface area contributed by atoms with Gasteiger partial charge >= 0.3 is 0 Å². The summed E-state index contributed by atoms with van der Waals surface area (Å²) in [7, 11) is 0. The van der Waals surface area contributed by atoms with Crippen molar-refractivity contribution in [1.82, 2.24) is 10.2 Å². The fourth-order valence-corrected chi connectivity index (χ4v) is 2.96. The average molecular weight is 240 g/mol. The van der Waals surface area contributed by atoms with E-state index in [0.717, 1.165) is 18.5 Å². The summed E-state index contributed by atoms with van der Waals surface area (Å²) in [5.41, 5.74) is 0. The van der Waals surface area contributed by atoms with Crippen LogP contribution in [0.3, 0.4) is 0 Å². The van der Waals surface area contributed by atoms with Crippen molar-refractivity contribution in [3.05, 3.63) is 0 Å². The molecule has 1 aliphatic heterocycles. The molecule has 1 heterocycles. The van der Waals surface area contributed by atoms with Crippen LogP contribution in [0.25, 0.3) is 0 Å². The minimum atomic E-state index is 0.692. The predicted molar refractivity (Wildman–Crippen MR) is 76.4 cm³/mol. The van der Waals surface area contributed by atoms with Gasteiger partial charge in [0.25, 0.3) is 0 Å². The van der Waals surface area contributed by atoms with E-state index in [1.807, 2.05) is 0 Å². The monoisotopic (exact) mass is 240 g/mol. The summed E-state index contributed by atoms with van der Waals surface area (Å²) in [6.45, 7) is 13.0. The Morgan fingerprint density at radius 3 is 2.65 bits per heavy atom. The van der Waals surface area contributed by atoms with Gasteiger partial charge in [-0.1, -0.05) is 33.1 Å². The summed E-state index contributed by atoms with van der Waals surface area (Å²) < 4.78 is 0. The number of hydrogen-bond donors (Lipinski definition) is 1. The second-order valence-electron chi connectivity index (χ2n) is 6.04. The molecular formula is C15H32N2. The highest BCUT2D eigenvalue weighted by Crippen LogP contribution is 2.21. The van der Waals surface area contributed by atoms with Crippen molar-refractivity contribution in [3.8, 4) is 0 Å². The molecule has 0 aromatic carbocycles. The summed E-state index contributed by atoms with van der Waals surface area (Å²) in [4.78, 5) is 2.64. The highest BCUT2D eigenvalue weighted by Gasteiger charge is 2.25. The molecule has 0 aromatic heterocycles. The van der Waals surface area contributed by atoms with Crippen LogP contribution in [0.1, 0.15) is 59.8 Å². The molecule has 0 saturated carbocycles. The molecule has 2 nitrogen and oxygen atoms in total. The molecule has 0 amide bonds. The van der Waals surface area contributed by atoms with Crippen molar-refractivity contribution in [1.29, 1.82) is 0 Å². The lowest BCUT2D eigenvalue weighted by Crippen LogP contribution is -2.37. The standard InChI is InChI=1S/C15H32N2/c1-5-6-7-8-14(3)16-9-10-17-12-13(2)11-15(17)4/h13-16H,5-12H2,1-4H3. The first-order valence-corrected chi connectivity index (χ1v) is 7.61. The zero-order valence-corrected chi connectivity index (χ0v) is 12.3. The fraction of sp³-hybridized carbons (Fsp3) is 1.00. The van der Waals surface area contributed by atoms with Crippen molar-refractivity contribution in [2.24, 2.45) is 5.92 Å². The number of nitrogens with one attached hydrogen (secondary N) is 1. The maximum absolute atomic E-state index is 3.66. The maximum atomic E-state index is 3.66. The molecule has 1 saturated heterocycles. The van der Waals surface area contributed by atoms with Crippen LogP contribution in [0.5, 0.6) is 0 Å². The molecule has 0 aromatic rings. The quantitative estimate of drug-likeness (QED) is 0.655. The third kappa shape index (κ3) is 5.87. The van der Waals surface area contributed by atoms with E-state index in [-0.39, 0.29) is 0 Å². The minimum Gasteiger partial charge on any atom is -0.313 e. The first kappa shape index (κ1) is 15.0. The van der Waals surface area contributed by atoms with Gasteiger partial charge in [0.05, 0.1) is 0 Å². The molecule has 102 valence electrons. The third-order valence-corrected chi connectivity index (χ3v) is 4.05. The van der Waals surface area contributed by atoms with Gasteiger partial charge in [-0.25, -0.2) is 0 Å². The molecule has 0 spiro atoms. The Morgan fingerprint density at radius 2 is 2.06 bits per heavy atom. The molecule has 3 unspecified atom stereocenters. The molecule has 2 heteroatoms. The smallest absolute Gasteiger partial charge is 0.0110 e. The largest absolute Gasteiger partial charge is 0.313 e. The zero-order chi connectivity index (χ0) is 12.7. The van der Waals surface area contributed by atoms with E-state index in [1.54, 1.807) is 0 Å². The van der Waals surface area contributed by atoms with E-state index in [2.05, 4.69) is 37.9 Å². The van der Waals surface area contributed by atoms with Gasteiger partial charge < -0.3 is 5.32 Å². The van der Waals surface area contributed by atoms with E-state index in [0.29, 0.717) is 6.04 Å². The molecular weight excluding hydrogens is 208 g/mol. The Labute approximate surface area is 108 Å². The van der Waals surface area contributed by atoms with Crippen LogP contribution in [-0.2, 0) is 0 Å². The van der Waals surface area contributed by atoms with E-state index < -0.39 is 0 Å². The first-order chi connectivity index (χ1) is 8.13. The summed E-state index contributed by atoms with van der Waals surface area (Å²) in [6.07, 6.45) is 6.80. The SMILES string of the molecule is CCCCCC(C)NCCN1CC(C)CC1C. The van der Waals surface area contributed by atoms with Crippen molar-refractivity contribution in [3.63, 3.8) is 0 Å². The van der Waals surface area contributed by atoms with Crippen molar-refractivity contribution in [2.75, 3.05) is 19.6 Å². The van der Waals surface area contributed by atoms with Gasteiger partial charge in [0.15, 0.2) is 0 Å². The van der Waals surface area contributed by atoms with E-state index in [9.17, 15) is 0 Å². The summed E-state index contributed by atoms with van der Waals surface area (Å²) in [5.74, 6) is 0.895. The molecule has 17 heavy (non-hydrogen) atoms. The number of rotatable bonds is 8. The van der Waals surface area contributed by atoms with Crippen LogP contribution in [0.2, 0.25) is 0 Å². The highest BCUT2D eigenvalue weighted by molar-refractivity contribution is 4.80. The van der Waals surface area contributed by atoms with Crippen LogP contribution in [-0.4, -0.2) is 36.6 Å². The van der Waals surface area contributed by atoms with Crippen LogP contribution in [0.4, 0.5) is 0 Å². The summed E-state index contributed by atoms with van der Waals surface area (Å²) in [5, 5.41) is 3.66. The van der Waals surface area contributed by atoms with Crippen LogP contribution >= 0.6 is 0 Å². The number of likely N-dealkylation sites (tertiary alicyclic amines) is 1. The molecule has 1 aliphatic rings. The van der Waals surface area contributed by atoms with Crippen molar-refractivity contribution < 1.29 is 0 Å². The van der Waals surface area contributed by atoms with Gasteiger partial charge in [0, 0.05) is 31.7 Å². The first-order valence-electron chi connectivity index (χ1n) is 7.61. The second-order valence-corrected chi connectivity index (χ2v) is 6.04. The van der Waals surface area contributed by atoms with Gasteiger partial charge in [0.1, 0.15) is 0 Å². The third-order valence-electron chi connectivity index (χ3n) is 4.05. The van der Waals surface area contributed by atoms with Gasteiger partial charge in [-0.05, 0) is 32.6 Å². The minimum absolute atomic E-state index is 0.692. The normalized spacial score (nSPS) is 27.5. The molecule has 1 rings (SSSR count). The lowest BCUT2D eigenvalue weighted by Gasteiger charge is -2.22. The number of nitrogens with zero attached hydrogens (tertiary/aromatic N) is 1. The van der Waals surface area contributed by atoms with Crippen LogP contribution < -0.4 is 5.32 Å². The van der Waals surface area contributed by atoms with Gasteiger partial charge in [-0.15, -0.1) is 0 Å². The zero-order valence-electron chi connectivity index (χ0n) is 12.3. The Hall–Kier alpha value is -0.0800. The average Bonchev–Trinajstić information content (AvgIpc) is 2.58. The van der Waals surface area contributed by atoms with Crippen molar-refractivity contribution in [2.45, 2.75) is 71.9 Å². The van der Waals surface area contributed by atoms with Gasteiger partial charge in [0.2, 0.25) is 0 Å². The Balaban J connectivity index is 2.03. The molecule has 3 atom stereocenters. The van der Waals surface area contributed by atoms with E-state index >= 15 is 0 Å². The maximum Gasteiger partial charge on any atom is 0.0110 e. The Kier molecular flexibility index (Phi) is 7.14. The van der Waals surface area contributed by atoms with Gasteiger partial charge in [-0.3, -0.25) is 4.90 Å². The highest BCUT2D eigenvalue weighted by atomic mass is 15.2. The summed E-state index contributed by atoms with van der Waals surface area (Å²) >= 11 is 0. The lowest BCUT2D eigenvalue weighted by atomic mass is 10.1. The van der Waals surface area contributed by atoms with Crippen LogP contribution in [0.15, 0.2) is 0 Å². The molecule has 0 bridgehead atoms. The predicted octanol–water partition coefficient (Wildman–Crippen LogP) is 3.28. The van der Waals surface area contributed by atoms with Crippen LogP contribution in [0, 0.1) is 5.92 Å². The molecule has 0 radical (unpaired) electrons. The fourth-order valence-electron chi connectivity index (χ4n) is 2.96. The molecule has 1 N–H and O–H groups in total. The van der Waals surface area contributed by atoms with Crippen molar-refractivity contribution >= 4 is 0 Å². The molecule has 0 aliphatic carbocycles. The second kappa shape index (κ2) is 8.10. The lowest BCUT2D eigenvalue weighted by molar-refractivity contribution is 0.260. The van der Waals surface area contributed by atoms with E-state index in [1.165, 1.54) is 45.2 Å². The number of unbranched alkanes of at least 4 members (excludes halogenated alkanes) is 2. The molecule has 1 fully saturated rings. The van der Waals surface area contributed by atoms with Gasteiger partial charge in [-0.2, -0.15) is 0 Å². The number of hydrogen-bond acceptors (Lipinski definition) is 2.